The molecule has 2 aromatic rings. The van der Waals surface area contributed by atoms with E-state index in [1.165, 1.54) is 10.9 Å². The molecule has 21 heavy (non-hydrogen) atoms. The van der Waals surface area contributed by atoms with Crippen LogP contribution in [0, 0.1) is 12.7 Å². The fraction of sp³-hybridized carbons (Fsp3) is 0.353. The zero-order valence-electron chi connectivity index (χ0n) is 12.6. The van der Waals surface area contributed by atoms with E-state index in [4.69, 9.17) is 0 Å². The molecular formula is C17H20FNOS. The Bertz CT molecular complexity index is 609. The summed E-state index contributed by atoms with van der Waals surface area (Å²) in [6, 6.07) is 9.10. The van der Waals surface area contributed by atoms with E-state index >= 15 is 0 Å². The second kappa shape index (κ2) is 6.96. The minimum atomic E-state index is -0.318. The van der Waals surface area contributed by atoms with Gasteiger partial charge in [-0.3, -0.25) is 9.69 Å². The number of carbonyl (C=O) groups is 1. The molecule has 0 bridgehead atoms. The highest BCUT2D eigenvalue weighted by atomic mass is 32.1. The minimum absolute atomic E-state index is 0.0147. The van der Waals surface area contributed by atoms with E-state index in [2.05, 4.69) is 23.3 Å². The van der Waals surface area contributed by atoms with Gasteiger partial charge in [-0.15, -0.1) is 11.3 Å². The van der Waals surface area contributed by atoms with Crippen molar-refractivity contribution < 1.29 is 9.18 Å². The van der Waals surface area contributed by atoms with Gasteiger partial charge in [-0.05, 0) is 44.0 Å². The normalized spacial score (nSPS) is 12.6. The van der Waals surface area contributed by atoms with E-state index in [1.54, 1.807) is 30.4 Å². The zero-order chi connectivity index (χ0) is 15.4. The molecular weight excluding hydrogens is 285 g/mol. The summed E-state index contributed by atoms with van der Waals surface area (Å²) in [5.41, 5.74) is 1.02. The number of hydrogen-bond donors (Lipinski definition) is 0. The maximum Gasteiger partial charge on any atom is 0.164 e. The number of carbonyl (C=O) groups excluding carboxylic acids is 1. The fourth-order valence-corrected chi connectivity index (χ4v) is 2.98. The van der Waals surface area contributed by atoms with E-state index in [1.807, 2.05) is 13.1 Å². The summed E-state index contributed by atoms with van der Waals surface area (Å²) in [4.78, 5) is 15.6. The van der Waals surface area contributed by atoms with Crippen molar-refractivity contribution in [1.29, 1.82) is 0 Å². The Labute approximate surface area is 129 Å². The third-order valence-corrected chi connectivity index (χ3v) is 4.84. The molecule has 1 aromatic carbocycles. The van der Waals surface area contributed by atoms with E-state index in [0.29, 0.717) is 24.1 Å². The van der Waals surface area contributed by atoms with E-state index in [0.717, 1.165) is 0 Å². The molecule has 0 aliphatic rings. The van der Waals surface area contributed by atoms with Crippen molar-refractivity contribution in [2.24, 2.45) is 0 Å². The van der Waals surface area contributed by atoms with Crippen LogP contribution in [-0.4, -0.2) is 24.3 Å². The van der Waals surface area contributed by atoms with Crippen LogP contribution in [0.4, 0.5) is 4.39 Å². The molecule has 0 fully saturated rings. The number of aryl methyl sites for hydroxylation is 1. The number of thiophene rings is 1. The van der Waals surface area contributed by atoms with Gasteiger partial charge in [-0.25, -0.2) is 4.39 Å². The zero-order valence-corrected chi connectivity index (χ0v) is 13.4. The highest BCUT2D eigenvalue weighted by Gasteiger charge is 2.15. The molecule has 0 radical (unpaired) electrons. The third kappa shape index (κ3) is 3.99. The molecule has 0 aliphatic carbocycles. The first-order valence-corrected chi connectivity index (χ1v) is 7.90. The molecule has 0 aliphatic heterocycles. The second-order valence-electron chi connectivity index (χ2n) is 5.31. The largest absolute Gasteiger partial charge is 0.298 e. The number of nitrogens with zero attached hydrogens (tertiary/aromatic N) is 1. The topological polar surface area (TPSA) is 20.3 Å². The van der Waals surface area contributed by atoms with Crippen LogP contribution in [0.25, 0.3) is 0 Å². The van der Waals surface area contributed by atoms with E-state index in [9.17, 15) is 9.18 Å². The maximum atomic E-state index is 13.5. The van der Waals surface area contributed by atoms with Gasteiger partial charge < -0.3 is 0 Å². The Morgan fingerprint density at radius 1 is 1.38 bits per heavy atom. The molecule has 1 heterocycles. The minimum Gasteiger partial charge on any atom is -0.298 e. The van der Waals surface area contributed by atoms with Gasteiger partial charge in [0, 0.05) is 29.4 Å². The first kappa shape index (κ1) is 15.9. The number of benzene rings is 1. The van der Waals surface area contributed by atoms with Crippen molar-refractivity contribution in [1.82, 2.24) is 4.90 Å². The predicted molar refractivity (Wildman–Crippen MR) is 85.4 cm³/mol. The van der Waals surface area contributed by atoms with E-state index in [-0.39, 0.29) is 17.6 Å². The van der Waals surface area contributed by atoms with Gasteiger partial charge in [0.2, 0.25) is 0 Å². The number of Topliss-reactive ketones (excluding diaryl/α,β-unsaturated/α-hetero) is 1. The third-order valence-electron chi connectivity index (χ3n) is 3.80. The lowest BCUT2D eigenvalue weighted by molar-refractivity contribution is 0.0962. The van der Waals surface area contributed by atoms with Crippen LogP contribution in [0.5, 0.6) is 0 Å². The number of hydrogen-bond acceptors (Lipinski definition) is 3. The molecule has 2 nitrogen and oxygen atoms in total. The first-order chi connectivity index (χ1) is 9.99. The summed E-state index contributed by atoms with van der Waals surface area (Å²) >= 11 is 1.72. The highest BCUT2D eigenvalue weighted by Crippen LogP contribution is 2.23. The quantitative estimate of drug-likeness (QED) is 0.734. The molecule has 112 valence electrons. The second-order valence-corrected chi connectivity index (χ2v) is 6.29. The van der Waals surface area contributed by atoms with Crippen LogP contribution < -0.4 is 0 Å². The Hall–Kier alpha value is -1.52. The fourth-order valence-electron chi connectivity index (χ4n) is 2.13. The summed E-state index contributed by atoms with van der Waals surface area (Å²) in [5, 5.41) is 2.06. The Kier molecular flexibility index (Phi) is 5.26. The number of halogens is 1. The summed E-state index contributed by atoms with van der Waals surface area (Å²) in [6.45, 7) is 4.48. The lowest BCUT2D eigenvalue weighted by Crippen LogP contribution is -2.24. The number of ketones is 1. The van der Waals surface area contributed by atoms with Gasteiger partial charge >= 0.3 is 0 Å². The van der Waals surface area contributed by atoms with Crippen molar-refractivity contribution in [2.45, 2.75) is 26.3 Å². The van der Waals surface area contributed by atoms with Crippen molar-refractivity contribution in [3.05, 3.63) is 57.5 Å². The molecule has 1 atom stereocenters. The van der Waals surface area contributed by atoms with Crippen molar-refractivity contribution >= 4 is 17.1 Å². The van der Waals surface area contributed by atoms with Gasteiger partial charge in [-0.2, -0.15) is 0 Å². The molecule has 2 rings (SSSR count). The average molecular weight is 305 g/mol. The maximum absolute atomic E-state index is 13.5. The van der Waals surface area contributed by atoms with Crippen molar-refractivity contribution in [3.8, 4) is 0 Å². The summed E-state index contributed by atoms with van der Waals surface area (Å²) < 4.78 is 13.5. The van der Waals surface area contributed by atoms with Gasteiger partial charge in [0.05, 0.1) is 0 Å². The molecule has 4 heteroatoms. The standard InChI is InChI=1S/C17H20FNOS/c1-12-6-7-14(11-15(12)18)16(20)8-9-19(3)13(2)17-5-4-10-21-17/h4-7,10-11,13H,8-9H2,1-3H3. The highest BCUT2D eigenvalue weighted by molar-refractivity contribution is 7.10. The SMILES string of the molecule is Cc1ccc(C(=O)CCN(C)C(C)c2cccs2)cc1F. The first-order valence-electron chi connectivity index (χ1n) is 7.02. The Morgan fingerprint density at radius 2 is 2.14 bits per heavy atom. The van der Waals surface area contributed by atoms with Crippen molar-refractivity contribution in [3.63, 3.8) is 0 Å². The average Bonchev–Trinajstić information content (AvgIpc) is 3.00. The van der Waals surface area contributed by atoms with Crippen LogP contribution in [0.1, 0.15) is 40.2 Å². The smallest absolute Gasteiger partial charge is 0.164 e. The number of rotatable bonds is 6. The van der Waals surface area contributed by atoms with Crippen LogP contribution in [0.2, 0.25) is 0 Å². The van der Waals surface area contributed by atoms with Crippen LogP contribution in [-0.2, 0) is 0 Å². The van der Waals surface area contributed by atoms with Gasteiger partial charge in [-0.1, -0.05) is 18.2 Å². The van der Waals surface area contributed by atoms with Crippen LogP contribution >= 0.6 is 11.3 Å². The molecule has 0 saturated heterocycles. The van der Waals surface area contributed by atoms with Crippen molar-refractivity contribution in [2.75, 3.05) is 13.6 Å². The summed E-state index contributed by atoms with van der Waals surface area (Å²) in [7, 11) is 2.01. The van der Waals surface area contributed by atoms with Gasteiger partial charge in [0.15, 0.2) is 5.78 Å². The van der Waals surface area contributed by atoms with Gasteiger partial charge in [0.1, 0.15) is 5.82 Å². The lowest BCUT2D eigenvalue weighted by atomic mass is 10.1. The Morgan fingerprint density at radius 3 is 2.76 bits per heavy atom. The molecule has 0 saturated carbocycles. The molecule has 1 unspecified atom stereocenters. The molecule has 1 aromatic heterocycles. The molecule has 0 amide bonds. The summed E-state index contributed by atoms with van der Waals surface area (Å²) in [6.07, 6.45) is 0.398. The van der Waals surface area contributed by atoms with Crippen LogP contribution in [0.15, 0.2) is 35.7 Å². The lowest BCUT2D eigenvalue weighted by Gasteiger charge is -2.23. The predicted octanol–water partition coefficient (Wildman–Crippen LogP) is 4.46. The van der Waals surface area contributed by atoms with Gasteiger partial charge in [0.25, 0.3) is 0 Å². The monoisotopic (exact) mass is 305 g/mol. The molecule has 0 spiro atoms. The molecule has 0 N–H and O–H groups in total. The summed E-state index contributed by atoms with van der Waals surface area (Å²) in [5.74, 6) is -0.333. The van der Waals surface area contributed by atoms with Crippen LogP contribution in [0.3, 0.4) is 0 Å². The van der Waals surface area contributed by atoms with E-state index < -0.39 is 0 Å². The Balaban J connectivity index is 1.93.